The molecule has 2 unspecified atom stereocenters. The molecule has 0 spiro atoms. The third-order valence-corrected chi connectivity index (χ3v) is 16.6. The van der Waals surface area contributed by atoms with E-state index in [2.05, 4.69) is 15.3 Å². The first-order chi connectivity index (χ1) is 32.9. The van der Waals surface area contributed by atoms with Crippen molar-refractivity contribution in [3.8, 4) is 39.8 Å². The molecule has 3 heterocycles. The number of aromatic nitrogens is 5. The summed E-state index contributed by atoms with van der Waals surface area (Å²) in [6.45, 7) is 3.72. The number of thiazole rings is 1. The van der Waals surface area contributed by atoms with Crippen molar-refractivity contribution in [1.82, 2.24) is 34.4 Å². The molecule has 0 radical (unpaired) electrons. The number of aliphatic hydroxyl groups is 1. The fraction of sp³-hybridized carbons (Fsp3) is 0.312. The van der Waals surface area contributed by atoms with E-state index in [0.717, 1.165) is 5.56 Å². The van der Waals surface area contributed by atoms with Crippen LogP contribution in [0.3, 0.4) is 0 Å². The normalized spacial score (nSPS) is 15.4. The van der Waals surface area contributed by atoms with Crippen LogP contribution in [0.2, 0.25) is 0 Å². The van der Waals surface area contributed by atoms with Gasteiger partial charge in [0.1, 0.15) is 27.7 Å². The fourth-order valence-corrected chi connectivity index (χ4v) is 13.1. The van der Waals surface area contributed by atoms with Crippen LogP contribution in [-0.4, -0.2) is 114 Å². The molecule has 2 aromatic heterocycles. The van der Waals surface area contributed by atoms with Crippen molar-refractivity contribution in [1.29, 1.82) is 0 Å². The molecule has 1 fully saturated rings. The number of nitrogens with zero attached hydrogens (tertiary/aromatic N) is 7. The number of methoxy groups -OCH3 is 3. The second-order valence-corrected chi connectivity index (χ2v) is 22.5. The molecular formula is C48H52N8O10S3. The van der Waals surface area contributed by atoms with Crippen LogP contribution in [0.15, 0.2) is 113 Å². The third-order valence-electron chi connectivity index (χ3n) is 11.6. The predicted octanol–water partition coefficient (Wildman–Crippen LogP) is 6.81. The van der Waals surface area contributed by atoms with Crippen LogP contribution < -0.4 is 19.9 Å². The Bertz CT molecular complexity index is 3140. The van der Waals surface area contributed by atoms with Gasteiger partial charge in [0.2, 0.25) is 15.8 Å². The second kappa shape index (κ2) is 19.8. The van der Waals surface area contributed by atoms with E-state index in [0.29, 0.717) is 44.2 Å². The van der Waals surface area contributed by atoms with Gasteiger partial charge in [0, 0.05) is 25.2 Å². The Morgan fingerprint density at radius 2 is 1.39 bits per heavy atom. The molecule has 0 saturated carbocycles. The Balaban J connectivity index is 1.39. The van der Waals surface area contributed by atoms with Crippen LogP contribution in [-0.2, 0) is 44.2 Å². The lowest BCUT2D eigenvalue weighted by molar-refractivity contribution is 0.0176. The van der Waals surface area contributed by atoms with Gasteiger partial charge in [-0.2, -0.15) is 9.10 Å². The number of amides is 1. The SMILES string of the molecule is COc1ccc(CN(Cc2ccc(OC)cc2)S(=O)(=O)c2c(S(=O)(=O)C3CC(CO)N(C(=O)OC(C)(C)C)C3)ccc(-c3cccc4sc(N)nc34)c2-c2nnn(Cc3ccc(OC)cc3)n2)cc1. The summed E-state index contributed by atoms with van der Waals surface area (Å²) in [7, 11) is -5.14. The summed E-state index contributed by atoms with van der Waals surface area (Å²) in [5.74, 6) is 1.53. The van der Waals surface area contributed by atoms with Crippen LogP contribution in [0.5, 0.6) is 17.2 Å². The van der Waals surface area contributed by atoms with Crippen LogP contribution in [0, 0.1) is 0 Å². The number of aliphatic hydroxyl groups excluding tert-OH is 1. The lowest BCUT2D eigenvalue weighted by atomic mass is 9.98. The number of anilines is 1. The van der Waals surface area contributed by atoms with Crippen molar-refractivity contribution in [3.05, 3.63) is 120 Å². The maximum Gasteiger partial charge on any atom is 0.410 e. The number of nitrogens with two attached hydrogens (primary N) is 1. The maximum atomic E-state index is 16.3. The van der Waals surface area contributed by atoms with E-state index in [9.17, 15) is 9.90 Å². The van der Waals surface area contributed by atoms with E-state index in [1.165, 1.54) is 51.7 Å². The van der Waals surface area contributed by atoms with Gasteiger partial charge in [-0.05, 0) is 103 Å². The van der Waals surface area contributed by atoms with E-state index in [1.54, 1.807) is 101 Å². The van der Waals surface area contributed by atoms with Gasteiger partial charge in [-0.25, -0.2) is 26.6 Å². The zero-order valence-electron chi connectivity index (χ0n) is 38.8. The van der Waals surface area contributed by atoms with Crippen molar-refractivity contribution >= 4 is 52.6 Å². The van der Waals surface area contributed by atoms with Crippen molar-refractivity contribution in [2.75, 3.05) is 40.2 Å². The molecule has 5 aromatic carbocycles. The number of fused-ring (bicyclic) bond motifs is 1. The fourth-order valence-electron chi connectivity index (χ4n) is 8.20. The molecule has 362 valence electrons. The molecule has 0 aliphatic carbocycles. The smallest absolute Gasteiger partial charge is 0.410 e. The van der Waals surface area contributed by atoms with Crippen molar-refractivity contribution in [2.45, 2.75) is 73.5 Å². The lowest BCUT2D eigenvalue weighted by Gasteiger charge is -2.28. The number of tetrazole rings is 1. The lowest BCUT2D eigenvalue weighted by Crippen LogP contribution is -2.41. The first-order valence-corrected chi connectivity index (χ1v) is 25.6. The monoisotopic (exact) mass is 996 g/mol. The summed E-state index contributed by atoms with van der Waals surface area (Å²) in [6, 6.07) is 28.1. The number of ether oxygens (including phenoxy) is 4. The molecule has 21 heteroatoms. The number of sulfone groups is 1. The molecule has 7 aromatic rings. The average Bonchev–Trinajstić information content (AvgIpc) is 4.09. The standard InChI is InChI=1S/C48H52N8O10S3/c1-48(2,3)66-47(58)55-28-37(24-33(55)29-57)68(59,60)41-23-22-38(39-8-7-9-40-43(39)50-46(49)67-40)42(45-51-53-56(52-45)27-32-14-20-36(65-6)21-15-32)44(41)69(61,62)54(25-30-10-16-34(63-4)17-11-30)26-31-12-18-35(64-5)19-13-31/h7-23,33,37,57H,24-29H2,1-6H3,(H2,49,50). The predicted molar refractivity (Wildman–Crippen MR) is 260 cm³/mol. The Labute approximate surface area is 404 Å². The summed E-state index contributed by atoms with van der Waals surface area (Å²) in [6.07, 6.45) is -1.04. The number of sulfonamides is 1. The summed E-state index contributed by atoms with van der Waals surface area (Å²) < 4.78 is 87.3. The zero-order valence-corrected chi connectivity index (χ0v) is 41.2. The van der Waals surface area contributed by atoms with Crippen LogP contribution in [0.4, 0.5) is 9.93 Å². The highest BCUT2D eigenvalue weighted by molar-refractivity contribution is 7.94. The zero-order chi connectivity index (χ0) is 49.3. The molecule has 1 aliphatic heterocycles. The largest absolute Gasteiger partial charge is 0.497 e. The number of carbonyl (C=O) groups is 1. The number of benzene rings is 5. The summed E-state index contributed by atoms with van der Waals surface area (Å²) in [5.41, 5.74) is 8.16. The van der Waals surface area contributed by atoms with E-state index in [1.807, 2.05) is 18.2 Å². The van der Waals surface area contributed by atoms with Gasteiger partial charge in [-0.1, -0.05) is 65.9 Å². The highest BCUT2D eigenvalue weighted by Crippen LogP contribution is 2.45. The third kappa shape index (κ3) is 10.4. The quantitative estimate of drug-likeness (QED) is 0.101. The molecule has 18 nitrogen and oxygen atoms in total. The van der Waals surface area contributed by atoms with Gasteiger partial charge < -0.3 is 34.7 Å². The molecular weight excluding hydrogens is 945 g/mol. The van der Waals surface area contributed by atoms with E-state index in [4.69, 9.17) is 29.8 Å². The molecule has 8 rings (SSSR count). The Kier molecular flexibility index (Phi) is 14.0. The Hall–Kier alpha value is -6.65. The van der Waals surface area contributed by atoms with E-state index < -0.39 is 65.8 Å². The molecule has 69 heavy (non-hydrogen) atoms. The van der Waals surface area contributed by atoms with Gasteiger partial charge in [0.25, 0.3) is 0 Å². The molecule has 1 saturated heterocycles. The number of hydrogen-bond donors (Lipinski definition) is 2. The number of carbonyl (C=O) groups excluding carboxylic acids is 1. The van der Waals surface area contributed by atoms with Gasteiger partial charge in [0.05, 0.1) is 66.4 Å². The first kappa shape index (κ1) is 48.8. The summed E-state index contributed by atoms with van der Waals surface area (Å²) >= 11 is 1.23. The van der Waals surface area contributed by atoms with Crippen LogP contribution in [0.1, 0.15) is 43.9 Å². The van der Waals surface area contributed by atoms with Crippen molar-refractivity contribution in [2.24, 2.45) is 0 Å². The number of likely N-dealkylation sites (tertiary alicyclic amines) is 1. The van der Waals surface area contributed by atoms with Crippen molar-refractivity contribution in [3.63, 3.8) is 0 Å². The van der Waals surface area contributed by atoms with Gasteiger partial charge in [0.15, 0.2) is 15.0 Å². The highest BCUT2D eigenvalue weighted by atomic mass is 32.2. The van der Waals surface area contributed by atoms with Gasteiger partial charge >= 0.3 is 6.09 Å². The molecule has 0 bridgehead atoms. The summed E-state index contributed by atoms with van der Waals surface area (Å²) in [5, 5.41) is 23.0. The minimum Gasteiger partial charge on any atom is -0.497 e. The summed E-state index contributed by atoms with van der Waals surface area (Å²) in [4.78, 5) is 19.4. The molecule has 2 atom stereocenters. The number of hydrogen-bond acceptors (Lipinski definition) is 16. The first-order valence-electron chi connectivity index (χ1n) is 21.8. The van der Waals surface area contributed by atoms with Crippen LogP contribution in [0.25, 0.3) is 32.7 Å². The maximum absolute atomic E-state index is 16.3. The van der Waals surface area contributed by atoms with Gasteiger partial charge in [-0.3, -0.25) is 0 Å². The van der Waals surface area contributed by atoms with Gasteiger partial charge in [-0.15, -0.1) is 10.2 Å². The molecule has 3 N–H and O–H groups in total. The number of rotatable bonds is 16. The Morgan fingerprint density at radius 3 is 1.94 bits per heavy atom. The number of para-hydroxylation sites is 1. The highest BCUT2D eigenvalue weighted by Gasteiger charge is 2.47. The number of nitrogen functional groups attached to an aromatic ring is 1. The molecule has 1 amide bonds. The minimum atomic E-state index is -5.00. The average molecular weight is 997 g/mol. The van der Waals surface area contributed by atoms with E-state index in [-0.39, 0.29) is 48.1 Å². The topological polar surface area (TPSA) is 231 Å². The minimum absolute atomic E-state index is 0.108. The van der Waals surface area contributed by atoms with Crippen molar-refractivity contribution < 1.29 is 45.7 Å². The second-order valence-electron chi connectivity index (χ2n) is 17.4. The van der Waals surface area contributed by atoms with Crippen LogP contribution >= 0.6 is 11.3 Å². The van der Waals surface area contributed by atoms with E-state index >= 15 is 16.8 Å². The Morgan fingerprint density at radius 1 is 0.812 bits per heavy atom. The molecule has 1 aliphatic rings.